The molecule has 3 atom stereocenters. The van der Waals surface area contributed by atoms with E-state index in [4.69, 9.17) is 5.11 Å². The Labute approximate surface area is 172 Å². The Hall–Kier alpha value is -1.72. The molecule has 0 bridgehead atoms. The molecule has 1 heterocycles. The molecule has 1 aliphatic rings. The molecule has 0 aromatic heterocycles. The molecule has 0 radical (unpaired) electrons. The summed E-state index contributed by atoms with van der Waals surface area (Å²) < 4.78 is 31.7. The number of amides is 2. The summed E-state index contributed by atoms with van der Waals surface area (Å²) in [6.45, 7) is 8.90. The maximum atomic E-state index is 13.1. The first-order valence-electron chi connectivity index (χ1n) is 9.95. The van der Waals surface area contributed by atoms with E-state index in [1.54, 1.807) is 4.90 Å². The van der Waals surface area contributed by atoms with Crippen LogP contribution in [0.25, 0.3) is 0 Å². The normalized spacial score (nSPS) is 21.7. The number of rotatable bonds is 12. The van der Waals surface area contributed by atoms with Crippen molar-refractivity contribution in [3.63, 3.8) is 0 Å². The van der Waals surface area contributed by atoms with Crippen molar-refractivity contribution in [1.82, 2.24) is 10.2 Å². The molecule has 1 fully saturated rings. The number of nitrogens with zero attached hydrogens (tertiary/aromatic N) is 1. The van der Waals surface area contributed by atoms with Crippen LogP contribution >= 0.6 is 0 Å². The van der Waals surface area contributed by atoms with Crippen LogP contribution in [-0.4, -0.2) is 67.5 Å². The minimum Gasteiger partial charge on any atom is -0.479 e. The average molecular weight is 437 g/mol. The molecule has 0 spiro atoms. The van der Waals surface area contributed by atoms with Gasteiger partial charge in [0, 0.05) is 13.1 Å². The fourth-order valence-electron chi connectivity index (χ4n) is 2.93. The lowest BCUT2D eigenvalue weighted by Crippen LogP contribution is -2.54. The predicted molar refractivity (Wildman–Crippen MR) is 104 cm³/mol. The van der Waals surface area contributed by atoms with Gasteiger partial charge in [-0.1, -0.05) is 40.5 Å². The van der Waals surface area contributed by atoms with E-state index >= 15 is 0 Å². The second-order valence-electron chi connectivity index (χ2n) is 7.50. The van der Waals surface area contributed by atoms with Crippen LogP contribution < -0.4 is 5.32 Å². The number of carboxylic acids is 1. The van der Waals surface area contributed by atoms with Gasteiger partial charge in [0.25, 0.3) is 5.91 Å². The molecule has 168 valence electrons. The van der Waals surface area contributed by atoms with Crippen molar-refractivity contribution < 1.29 is 36.3 Å². The number of nitrogens with one attached hydrogen (secondary N) is 1. The molecular formula is C18H32N2O8S. The number of hydrogen-bond acceptors (Lipinski definition) is 7. The number of hydrogen-bond donors (Lipinski definition) is 2. The molecule has 1 aliphatic heterocycles. The minimum atomic E-state index is -4.59. The summed E-state index contributed by atoms with van der Waals surface area (Å²) in [5, 5.41) is 11.6. The molecule has 0 unspecified atom stereocenters. The maximum Gasteiger partial charge on any atom is 0.401 e. The lowest BCUT2D eigenvalue weighted by molar-refractivity contribution is -0.150. The zero-order chi connectivity index (χ0) is 22.2. The molecule has 1 saturated heterocycles. The molecule has 2 amide bonds. The molecule has 1 rings (SSSR count). The Morgan fingerprint density at radius 2 is 1.55 bits per heavy atom. The summed E-state index contributed by atoms with van der Waals surface area (Å²) in [4.78, 5) is 38.6. The van der Waals surface area contributed by atoms with Gasteiger partial charge >= 0.3 is 16.4 Å². The van der Waals surface area contributed by atoms with E-state index in [1.165, 1.54) is 0 Å². The number of carboxylic acid groups (broad SMARTS) is 1. The van der Waals surface area contributed by atoms with Gasteiger partial charge in [-0.15, -0.1) is 0 Å². The zero-order valence-electron chi connectivity index (χ0n) is 17.4. The second-order valence-corrected chi connectivity index (χ2v) is 8.70. The van der Waals surface area contributed by atoms with Crippen molar-refractivity contribution in [2.24, 2.45) is 5.92 Å². The van der Waals surface area contributed by atoms with E-state index < -0.39 is 40.5 Å². The first-order chi connectivity index (χ1) is 13.5. The van der Waals surface area contributed by atoms with Crippen molar-refractivity contribution in [2.45, 2.75) is 78.0 Å². The molecule has 0 aliphatic carbocycles. The van der Waals surface area contributed by atoms with Crippen molar-refractivity contribution in [3.05, 3.63) is 0 Å². The first-order valence-corrected chi connectivity index (χ1v) is 11.3. The van der Waals surface area contributed by atoms with Crippen molar-refractivity contribution in [2.75, 3.05) is 13.1 Å². The van der Waals surface area contributed by atoms with Gasteiger partial charge in [0.05, 0.1) is 0 Å². The molecule has 0 aromatic rings. The highest BCUT2D eigenvalue weighted by Gasteiger charge is 2.49. The monoisotopic (exact) mass is 436 g/mol. The Morgan fingerprint density at radius 1 is 1.03 bits per heavy atom. The minimum absolute atomic E-state index is 0.0585. The summed E-state index contributed by atoms with van der Waals surface area (Å²) in [6, 6.07) is -0.919. The standard InChI is InChI=1S/C18H32N2O8S/c1-5-7-9-20(10-8-6-2)17(22)13(11-12(3)4)19-16(21)14-15(18(23)24)28-29(25,26)27-14/h12-15H,5-11H2,1-4H3,(H,19,21)(H,23,24)/t13-,14-,15-/m0/s1. The van der Waals surface area contributed by atoms with Gasteiger partial charge < -0.3 is 15.3 Å². The number of unbranched alkanes of at least 4 members (excludes halogenated alkanes) is 2. The number of carbonyl (C=O) groups is 3. The summed E-state index contributed by atoms with van der Waals surface area (Å²) in [6.07, 6.45) is -0.124. The van der Waals surface area contributed by atoms with Gasteiger partial charge in [0.1, 0.15) is 6.04 Å². The van der Waals surface area contributed by atoms with Gasteiger partial charge in [-0.05, 0) is 25.2 Å². The molecule has 11 heteroatoms. The highest BCUT2D eigenvalue weighted by Crippen LogP contribution is 2.22. The van der Waals surface area contributed by atoms with Gasteiger partial charge in [-0.25, -0.2) is 13.2 Å². The highest BCUT2D eigenvalue weighted by atomic mass is 32.3. The zero-order valence-corrected chi connectivity index (χ0v) is 18.2. The first kappa shape index (κ1) is 25.3. The van der Waals surface area contributed by atoms with Crippen molar-refractivity contribution in [3.8, 4) is 0 Å². The van der Waals surface area contributed by atoms with Crippen LogP contribution in [0.4, 0.5) is 0 Å². The van der Waals surface area contributed by atoms with Crippen LogP contribution in [0.1, 0.15) is 59.8 Å². The smallest absolute Gasteiger partial charge is 0.401 e. The summed E-state index contributed by atoms with van der Waals surface area (Å²) in [5.74, 6) is -2.88. The lowest BCUT2D eigenvalue weighted by atomic mass is 10.0. The van der Waals surface area contributed by atoms with Crippen molar-refractivity contribution >= 4 is 28.2 Å². The van der Waals surface area contributed by atoms with E-state index in [9.17, 15) is 22.8 Å². The van der Waals surface area contributed by atoms with E-state index in [1.807, 2.05) is 27.7 Å². The Bertz CT molecular complexity index is 671. The summed E-state index contributed by atoms with van der Waals surface area (Å²) >= 11 is 0. The fraction of sp³-hybridized carbons (Fsp3) is 0.833. The maximum absolute atomic E-state index is 13.1. The second kappa shape index (κ2) is 11.5. The van der Waals surface area contributed by atoms with Crippen LogP contribution in [0.2, 0.25) is 0 Å². The third kappa shape index (κ3) is 7.90. The van der Waals surface area contributed by atoms with Gasteiger partial charge in [0.15, 0.2) is 6.10 Å². The third-order valence-corrected chi connectivity index (χ3v) is 5.30. The highest BCUT2D eigenvalue weighted by molar-refractivity contribution is 7.82. The van der Waals surface area contributed by atoms with E-state index in [0.29, 0.717) is 19.5 Å². The van der Waals surface area contributed by atoms with Gasteiger partial charge in [0.2, 0.25) is 12.0 Å². The lowest BCUT2D eigenvalue weighted by Gasteiger charge is -2.29. The number of aliphatic carboxylic acids is 1. The van der Waals surface area contributed by atoms with Crippen molar-refractivity contribution in [1.29, 1.82) is 0 Å². The SMILES string of the molecule is CCCCN(CCCC)C(=O)[C@H](CC(C)C)NC(=O)[C@H]1OS(=O)(=O)O[C@@H]1C(=O)O. The topological polar surface area (TPSA) is 139 Å². The third-order valence-electron chi connectivity index (χ3n) is 4.42. The summed E-state index contributed by atoms with van der Waals surface area (Å²) in [7, 11) is -4.59. The van der Waals surface area contributed by atoms with E-state index in [2.05, 4.69) is 13.7 Å². The predicted octanol–water partition coefficient (Wildman–Crippen LogP) is 1.06. The summed E-state index contributed by atoms with van der Waals surface area (Å²) in [5.41, 5.74) is 0. The Kier molecular flexibility index (Phi) is 10.0. The molecule has 0 aromatic carbocycles. The van der Waals surface area contributed by atoms with E-state index in [-0.39, 0.29) is 11.8 Å². The molecule has 2 N–H and O–H groups in total. The molecule has 29 heavy (non-hydrogen) atoms. The van der Waals surface area contributed by atoms with Crippen LogP contribution in [-0.2, 0) is 33.1 Å². The fourth-order valence-corrected chi connectivity index (χ4v) is 3.85. The van der Waals surface area contributed by atoms with Crippen LogP contribution in [0.5, 0.6) is 0 Å². The number of carbonyl (C=O) groups excluding carboxylic acids is 2. The Morgan fingerprint density at radius 3 is 2.00 bits per heavy atom. The molecular weight excluding hydrogens is 404 g/mol. The van der Waals surface area contributed by atoms with Crippen LogP contribution in [0, 0.1) is 5.92 Å². The van der Waals surface area contributed by atoms with Crippen LogP contribution in [0.15, 0.2) is 0 Å². The quantitative estimate of drug-likeness (QED) is 0.463. The largest absolute Gasteiger partial charge is 0.479 e. The molecule has 10 nitrogen and oxygen atoms in total. The average Bonchev–Trinajstić information content (AvgIpc) is 2.96. The van der Waals surface area contributed by atoms with Gasteiger partial charge in [-0.3, -0.25) is 9.59 Å². The Balaban J connectivity index is 2.99. The van der Waals surface area contributed by atoms with Gasteiger partial charge in [-0.2, -0.15) is 8.42 Å². The van der Waals surface area contributed by atoms with E-state index in [0.717, 1.165) is 25.7 Å². The molecule has 0 saturated carbocycles. The van der Waals surface area contributed by atoms with Crippen LogP contribution in [0.3, 0.4) is 0 Å².